The second-order valence-corrected chi connectivity index (χ2v) is 6.10. The Kier molecular flexibility index (Phi) is 5.87. The first kappa shape index (κ1) is 14.5. The Hall–Kier alpha value is -0.860. The van der Waals surface area contributed by atoms with Crippen LogP contribution in [0.3, 0.4) is 0 Å². The Bertz CT molecular complexity index is 489. The van der Waals surface area contributed by atoms with Gasteiger partial charge in [0, 0.05) is 10.7 Å². The molecule has 0 aliphatic carbocycles. The van der Waals surface area contributed by atoms with Crippen LogP contribution in [-0.2, 0) is 0 Å². The Morgan fingerprint density at radius 3 is 2.79 bits per heavy atom. The van der Waals surface area contributed by atoms with E-state index in [1.807, 2.05) is 11.3 Å². The molecule has 19 heavy (non-hydrogen) atoms. The molecule has 0 bridgehead atoms. The summed E-state index contributed by atoms with van der Waals surface area (Å²) in [5.41, 5.74) is 1.50. The topological polar surface area (TPSA) is 12.0 Å². The summed E-state index contributed by atoms with van der Waals surface area (Å²) in [6.45, 7) is 5.62. The van der Waals surface area contributed by atoms with Crippen LogP contribution < -0.4 is 5.32 Å². The highest BCUT2D eigenvalue weighted by molar-refractivity contribution is 7.17. The molecule has 0 aliphatic rings. The molecule has 1 unspecified atom stereocenters. The SMILES string of the molecule is CCCCCC(NCCC)c1cccc2ccsc12. The fourth-order valence-corrected chi connectivity index (χ4v) is 3.54. The van der Waals surface area contributed by atoms with E-state index in [-0.39, 0.29) is 0 Å². The molecule has 1 aromatic heterocycles. The van der Waals surface area contributed by atoms with Gasteiger partial charge < -0.3 is 5.32 Å². The summed E-state index contributed by atoms with van der Waals surface area (Å²) in [5.74, 6) is 0. The fourth-order valence-electron chi connectivity index (χ4n) is 2.58. The molecule has 2 aromatic rings. The van der Waals surface area contributed by atoms with Gasteiger partial charge in [-0.25, -0.2) is 0 Å². The summed E-state index contributed by atoms with van der Waals surface area (Å²) in [5, 5.41) is 7.33. The van der Waals surface area contributed by atoms with E-state index in [1.54, 1.807) is 0 Å². The predicted octanol–water partition coefficient (Wildman–Crippen LogP) is 5.52. The first-order chi connectivity index (χ1) is 9.36. The molecule has 1 heterocycles. The highest BCUT2D eigenvalue weighted by atomic mass is 32.1. The number of thiophene rings is 1. The van der Waals surface area contributed by atoms with Crippen LogP contribution >= 0.6 is 11.3 Å². The van der Waals surface area contributed by atoms with Gasteiger partial charge in [-0.2, -0.15) is 0 Å². The van der Waals surface area contributed by atoms with Crippen LogP contribution in [0.4, 0.5) is 0 Å². The normalized spacial score (nSPS) is 12.9. The van der Waals surface area contributed by atoms with Crippen LogP contribution in [0, 0.1) is 0 Å². The van der Waals surface area contributed by atoms with Gasteiger partial charge in [-0.05, 0) is 41.8 Å². The average Bonchev–Trinajstić information content (AvgIpc) is 2.91. The monoisotopic (exact) mass is 275 g/mol. The van der Waals surface area contributed by atoms with Crippen molar-refractivity contribution in [1.29, 1.82) is 0 Å². The summed E-state index contributed by atoms with van der Waals surface area (Å²) in [7, 11) is 0. The molecule has 1 aromatic carbocycles. The minimum absolute atomic E-state index is 0.522. The summed E-state index contributed by atoms with van der Waals surface area (Å²) < 4.78 is 1.47. The first-order valence-corrected chi connectivity index (χ1v) is 8.44. The number of hydrogen-bond acceptors (Lipinski definition) is 2. The third-order valence-corrected chi connectivity index (χ3v) is 4.60. The summed E-state index contributed by atoms with van der Waals surface area (Å²) in [4.78, 5) is 0. The zero-order valence-electron chi connectivity index (χ0n) is 12.1. The van der Waals surface area contributed by atoms with Crippen molar-refractivity contribution >= 4 is 21.4 Å². The van der Waals surface area contributed by atoms with Gasteiger partial charge in [0.15, 0.2) is 0 Å². The molecule has 0 amide bonds. The van der Waals surface area contributed by atoms with Crippen molar-refractivity contribution in [2.24, 2.45) is 0 Å². The van der Waals surface area contributed by atoms with Crippen molar-refractivity contribution in [3.63, 3.8) is 0 Å². The van der Waals surface area contributed by atoms with Crippen LogP contribution in [0.5, 0.6) is 0 Å². The molecule has 0 saturated carbocycles. The van der Waals surface area contributed by atoms with Crippen molar-refractivity contribution in [2.75, 3.05) is 6.54 Å². The van der Waals surface area contributed by atoms with Crippen LogP contribution in [0.2, 0.25) is 0 Å². The lowest BCUT2D eigenvalue weighted by Crippen LogP contribution is -2.22. The van der Waals surface area contributed by atoms with Gasteiger partial charge in [0.25, 0.3) is 0 Å². The van der Waals surface area contributed by atoms with Crippen molar-refractivity contribution in [2.45, 2.75) is 52.0 Å². The van der Waals surface area contributed by atoms with E-state index in [0.29, 0.717) is 6.04 Å². The van der Waals surface area contributed by atoms with Gasteiger partial charge in [-0.1, -0.05) is 51.3 Å². The van der Waals surface area contributed by atoms with E-state index in [4.69, 9.17) is 0 Å². The molecule has 2 heteroatoms. The van der Waals surface area contributed by atoms with E-state index in [2.05, 4.69) is 48.8 Å². The molecule has 1 nitrogen and oxygen atoms in total. The Balaban J connectivity index is 2.17. The fraction of sp³-hybridized carbons (Fsp3) is 0.529. The number of rotatable bonds is 8. The van der Waals surface area contributed by atoms with E-state index < -0.39 is 0 Å². The maximum absolute atomic E-state index is 3.73. The van der Waals surface area contributed by atoms with Gasteiger partial charge in [0.2, 0.25) is 0 Å². The highest BCUT2D eigenvalue weighted by Gasteiger charge is 2.13. The largest absolute Gasteiger partial charge is 0.310 e. The summed E-state index contributed by atoms with van der Waals surface area (Å²) in [6, 6.07) is 9.47. The maximum atomic E-state index is 3.73. The van der Waals surface area contributed by atoms with Gasteiger partial charge >= 0.3 is 0 Å². The van der Waals surface area contributed by atoms with E-state index in [9.17, 15) is 0 Å². The maximum Gasteiger partial charge on any atom is 0.0390 e. The molecule has 0 spiro atoms. The van der Waals surface area contributed by atoms with Crippen LogP contribution in [0.25, 0.3) is 10.1 Å². The second-order valence-electron chi connectivity index (χ2n) is 5.19. The van der Waals surface area contributed by atoms with Crippen LogP contribution in [0.15, 0.2) is 29.6 Å². The third-order valence-electron chi connectivity index (χ3n) is 3.62. The smallest absolute Gasteiger partial charge is 0.0390 e. The highest BCUT2D eigenvalue weighted by Crippen LogP contribution is 2.31. The average molecular weight is 275 g/mol. The number of fused-ring (bicyclic) bond motifs is 1. The zero-order valence-corrected chi connectivity index (χ0v) is 12.9. The van der Waals surface area contributed by atoms with Gasteiger partial charge in [-0.15, -0.1) is 11.3 Å². The molecular formula is C17H25NS. The number of hydrogen-bond donors (Lipinski definition) is 1. The van der Waals surface area contributed by atoms with Crippen molar-refractivity contribution < 1.29 is 0 Å². The molecule has 0 radical (unpaired) electrons. The van der Waals surface area contributed by atoms with Crippen molar-refractivity contribution in [3.05, 3.63) is 35.2 Å². The number of unbranched alkanes of at least 4 members (excludes halogenated alkanes) is 2. The third kappa shape index (κ3) is 3.80. The minimum Gasteiger partial charge on any atom is -0.310 e. The molecule has 104 valence electrons. The van der Waals surface area contributed by atoms with E-state index >= 15 is 0 Å². The molecule has 1 N–H and O–H groups in total. The van der Waals surface area contributed by atoms with Gasteiger partial charge in [0.1, 0.15) is 0 Å². The zero-order chi connectivity index (χ0) is 13.5. The Morgan fingerprint density at radius 1 is 1.11 bits per heavy atom. The lowest BCUT2D eigenvalue weighted by molar-refractivity contribution is 0.477. The van der Waals surface area contributed by atoms with Crippen LogP contribution in [0.1, 0.15) is 57.6 Å². The first-order valence-electron chi connectivity index (χ1n) is 7.56. The van der Waals surface area contributed by atoms with E-state index in [1.165, 1.54) is 47.8 Å². The molecule has 0 fully saturated rings. The lowest BCUT2D eigenvalue weighted by atomic mass is 9.99. The predicted molar refractivity (Wildman–Crippen MR) is 87.0 cm³/mol. The molecule has 0 aliphatic heterocycles. The number of benzene rings is 1. The summed E-state index contributed by atoms with van der Waals surface area (Å²) in [6.07, 6.45) is 6.41. The second kappa shape index (κ2) is 7.66. The van der Waals surface area contributed by atoms with E-state index in [0.717, 1.165) is 6.54 Å². The van der Waals surface area contributed by atoms with Crippen molar-refractivity contribution in [3.8, 4) is 0 Å². The minimum atomic E-state index is 0.522. The Morgan fingerprint density at radius 2 is 2.00 bits per heavy atom. The van der Waals surface area contributed by atoms with Crippen molar-refractivity contribution in [1.82, 2.24) is 5.32 Å². The standard InChI is InChI=1S/C17H25NS/c1-3-5-6-10-16(18-12-4-2)15-9-7-8-14-11-13-19-17(14)15/h7-9,11,13,16,18H,3-6,10,12H2,1-2H3. The molecule has 2 rings (SSSR count). The molecular weight excluding hydrogens is 250 g/mol. The summed E-state index contributed by atoms with van der Waals surface area (Å²) >= 11 is 1.87. The lowest BCUT2D eigenvalue weighted by Gasteiger charge is -2.19. The van der Waals surface area contributed by atoms with Gasteiger partial charge in [-0.3, -0.25) is 0 Å². The van der Waals surface area contributed by atoms with Crippen LogP contribution in [-0.4, -0.2) is 6.54 Å². The molecule has 0 saturated heterocycles. The Labute approximate surface area is 121 Å². The van der Waals surface area contributed by atoms with Gasteiger partial charge in [0.05, 0.1) is 0 Å². The molecule has 1 atom stereocenters. The quantitative estimate of drug-likeness (QED) is 0.625. The number of nitrogens with one attached hydrogen (secondary N) is 1.